The first kappa shape index (κ1) is 12.1. The summed E-state index contributed by atoms with van der Waals surface area (Å²) in [6, 6.07) is 3.97. The average Bonchev–Trinajstić information content (AvgIpc) is 2.17. The lowest BCUT2D eigenvalue weighted by Gasteiger charge is -2.10. The Bertz CT molecular complexity index is 292. The zero-order chi connectivity index (χ0) is 11.3. The molecule has 3 heteroatoms. The van der Waals surface area contributed by atoms with Crippen molar-refractivity contribution in [2.45, 2.75) is 38.6 Å². The van der Waals surface area contributed by atoms with Crippen LogP contribution in [-0.2, 0) is 6.42 Å². The van der Waals surface area contributed by atoms with Crippen molar-refractivity contribution in [3.05, 3.63) is 35.4 Å². The number of hydrogen-bond donors (Lipinski definition) is 1. The summed E-state index contributed by atoms with van der Waals surface area (Å²) in [5, 5.41) is 0. The number of benzene rings is 1. The number of halogens is 2. The zero-order valence-corrected chi connectivity index (χ0v) is 8.97. The minimum atomic E-state index is -0.473. The van der Waals surface area contributed by atoms with Gasteiger partial charge in [-0.15, -0.1) is 0 Å². The molecular weight excluding hydrogens is 196 g/mol. The van der Waals surface area contributed by atoms with Crippen LogP contribution in [0.5, 0.6) is 0 Å². The van der Waals surface area contributed by atoms with Gasteiger partial charge in [-0.1, -0.05) is 19.4 Å². The summed E-state index contributed by atoms with van der Waals surface area (Å²) in [5.74, 6) is -0.947. The minimum Gasteiger partial charge on any atom is -0.328 e. The fraction of sp³-hybridized carbons (Fsp3) is 0.500. The Balaban J connectivity index is 2.57. The Hall–Kier alpha value is -0.960. The molecule has 1 atom stereocenters. The summed E-state index contributed by atoms with van der Waals surface area (Å²) in [6.45, 7) is 2.05. The molecular formula is C12H17F2N. The normalized spacial score (nSPS) is 12.8. The summed E-state index contributed by atoms with van der Waals surface area (Å²) in [4.78, 5) is 0. The van der Waals surface area contributed by atoms with Crippen molar-refractivity contribution in [1.29, 1.82) is 0 Å². The van der Waals surface area contributed by atoms with Gasteiger partial charge in [-0.3, -0.25) is 0 Å². The van der Waals surface area contributed by atoms with Gasteiger partial charge in [0.15, 0.2) is 0 Å². The topological polar surface area (TPSA) is 26.0 Å². The van der Waals surface area contributed by atoms with Gasteiger partial charge in [-0.25, -0.2) is 8.78 Å². The number of hydrogen-bond acceptors (Lipinski definition) is 1. The Morgan fingerprint density at radius 1 is 1.20 bits per heavy atom. The maximum atomic E-state index is 13.2. The molecule has 1 aromatic carbocycles. The molecule has 0 radical (unpaired) electrons. The van der Waals surface area contributed by atoms with E-state index in [-0.39, 0.29) is 11.6 Å². The van der Waals surface area contributed by atoms with Gasteiger partial charge in [0.2, 0.25) is 0 Å². The van der Waals surface area contributed by atoms with Gasteiger partial charge in [-0.05, 0) is 31.4 Å². The zero-order valence-electron chi connectivity index (χ0n) is 8.97. The molecule has 15 heavy (non-hydrogen) atoms. The third-order valence-electron chi connectivity index (χ3n) is 2.49. The Labute approximate surface area is 89.3 Å². The van der Waals surface area contributed by atoms with Gasteiger partial charge in [0.1, 0.15) is 11.6 Å². The van der Waals surface area contributed by atoms with E-state index in [0.717, 1.165) is 12.8 Å². The molecule has 0 bridgehead atoms. The van der Waals surface area contributed by atoms with Crippen molar-refractivity contribution in [3.8, 4) is 0 Å². The molecule has 0 amide bonds. The van der Waals surface area contributed by atoms with Crippen molar-refractivity contribution < 1.29 is 8.78 Å². The predicted molar refractivity (Wildman–Crippen MR) is 57.6 cm³/mol. The van der Waals surface area contributed by atoms with Crippen LogP contribution in [0.2, 0.25) is 0 Å². The monoisotopic (exact) mass is 213 g/mol. The molecule has 0 fully saturated rings. The standard InChI is InChI=1S/C12H17F2N/c1-2-4-9(15)7-8-10-11(13)5-3-6-12(10)14/h3,5-6,9H,2,4,7-8,15H2,1H3. The van der Waals surface area contributed by atoms with Gasteiger partial charge in [0, 0.05) is 11.6 Å². The van der Waals surface area contributed by atoms with Crippen LogP contribution in [0.4, 0.5) is 8.78 Å². The predicted octanol–water partition coefficient (Wildman–Crippen LogP) is 3.02. The van der Waals surface area contributed by atoms with Gasteiger partial charge >= 0.3 is 0 Å². The molecule has 84 valence electrons. The Kier molecular flexibility index (Phi) is 4.69. The van der Waals surface area contributed by atoms with Crippen LogP contribution >= 0.6 is 0 Å². The first-order valence-corrected chi connectivity index (χ1v) is 5.33. The van der Waals surface area contributed by atoms with Crippen molar-refractivity contribution in [3.63, 3.8) is 0 Å². The van der Waals surface area contributed by atoms with Crippen LogP contribution in [0.25, 0.3) is 0 Å². The molecule has 1 rings (SSSR count). The van der Waals surface area contributed by atoms with Gasteiger partial charge in [-0.2, -0.15) is 0 Å². The lowest BCUT2D eigenvalue weighted by atomic mass is 10.0. The van der Waals surface area contributed by atoms with E-state index in [9.17, 15) is 8.78 Å². The van der Waals surface area contributed by atoms with Crippen molar-refractivity contribution in [2.24, 2.45) is 5.73 Å². The van der Waals surface area contributed by atoms with Crippen molar-refractivity contribution in [2.75, 3.05) is 0 Å². The highest BCUT2D eigenvalue weighted by Gasteiger charge is 2.09. The fourth-order valence-electron chi connectivity index (χ4n) is 1.62. The van der Waals surface area contributed by atoms with Crippen LogP contribution < -0.4 is 5.73 Å². The van der Waals surface area contributed by atoms with Crippen LogP contribution in [0.3, 0.4) is 0 Å². The summed E-state index contributed by atoms with van der Waals surface area (Å²) in [5.41, 5.74) is 5.94. The molecule has 0 saturated carbocycles. The second kappa shape index (κ2) is 5.81. The summed E-state index contributed by atoms with van der Waals surface area (Å²) < 4.78 is 26.4. The molecule has 2 N–H and O–H groups in total. The van der Waals surface area contributed by atoms with Gasteiger partial charge < -0.3 is 5.73 Å². The van der Waals surface area contributed by atoms with E-state index >= 15 is 0 Å². The smallest absolute Gasteiger partial charge is 0.129 e. The second-order valence-electron chi connectivity index (χ2n) is 3.79. The SMILES string of the molecule is CCCC(N)CCc1c(F)cccc1F. The molecule has 0 heterocycles. The van der Waals surface area contributed by atoms with E-state index in [1.165, 1.54) is 18.2 Å². The average molecular weight is 213 g/mol. The molecule has 1 aromatic rings. The molecule has 0 aliphatic carbocycles. The molecule has 0 aliphatic heterocycles. The fourth-order valence-corrected chi connectivity index (χ4v) is 1.62. The molecule has 0 aromatic heterocycles. The van der Waals surface area contributed by atoms with Gasteiger partial charge in [0.25, 0.3) is 0 Å². The van der Waals surface area contributed by atoms with E-state index < -0.39 is 11.6 Å². The van der Waals surface area contributed by atoms with Crippen LogP contribution in [0.15, 0.2) is 18.2 Å². The maximum Gasteiger partial charge on any atom is 0.129 e. The highest BCUT2D eigenvalue weighted by Crippen LogP contribution is 2.15. The third kappa shape index (κ3) is 3.59. The molecule has 0 saturated heterocycles. The second-order valence-corrected chi connectivity index (χ2v) is 3.79. The Morgan fingerprint density at radius 3 is 2.33 bits per heavy atom. The maximum absolute atomic E-state index is 13.2. The Morgan fingerprint density at radius 2 is 1.80 bits per heavy atom. The summed E-state index contributed by atoms with van der Waals surface area (Å²) in [6.07, 6.45) is 2.91. The van der Waals surface area contributed by atoms with Crippen molar-refractivity contribution in [1.82, 2.24) is 0 Å². The summed E-state index contributed by atoms with van der Waals surface area (Å²) >= 11 is 0. The van der Waals surface area contributed by atoms with Crippen LogP contribution in [0.1, 0.15) is 31.7 Å². The number of rotatable bonds is 5. The van der Waals surface area contributed by atoms with Crippen molar-refractivity contribution >= 4 is 0 Å². The highest BCUT2D eigenvalue weighted by atomic mass is 19.1. The minimum absolute atomic E-state index is 0.0361. The van der Waals surface area contributed by atoms with E-state index in [1.54, 1.807) is 0 Å². The summed E-state index contributed by atoms with van der Waals surface area (Å²) in [7, 11) is 0. The van der Waals surface area contributed by atoms with E-state index in [0.29, 0.717) is 12.8 Å². The lowest BCUT2D eigenvalue weighted by Crippen LogP contribution is -2.20. The quantitative estimate of drug-likeness (QED) is 0.799. The first-order valence-electron chi connectivity index (χ1n) is 5.33. The van der Waals surface area contributed by atoms with Crippen LogP contribution in [0, 0.1) is 11.6 Å². The molecule has 1 nitrogen and oxygen atoms in total. The first-order chi connectivity index (χ1) is 7.15. The largest absolute Gasteiger partial charge is 0.328 e. The van der Waals surface area contributed by atoms with Gasteiger partial charge in [0.05, 0.1) is 0 Å². The lowest BCUT2D eigenvalue weighted by molar-refractivity contribution is 0.518. The third-order valence-corrected chi connectivity index (χ3v) is 2.49. The number of nitrogens with two attached hydrogens (primary N) is 1. The van der Waals surface area contributed by atoms with Crippen LogP contribution in [-0.4, -0.2) is 6.04 Å². The van der Waals surface area contributed by atoms with E-state index in [4.69, 9.17) is 5.73 Å². The molecule has 1 unspecified atom stereocenters. The van der Waals surface area contributed by atoms with E-state index in [1.807, 2.05) is 6.92 Å². The molecule has 0 spiro atoms. The van der Waals surface area contributed by atoms with E-state index in [2.05, 4.69) is 0 Å². The highest BCUT2D eigenvalue weighted by molar-refractivity contribution is 5.19. The molecule has 0 aliphatic rings.